The molecule has 1 unspecified atom stereocenters. The topological polar surface area (TPSA) is 101 Å². The maximum Gasteiger partial charge on any atom is 0.310 e. The molecule has 1 heterocycles. The lowest BCUT2D eigenvalue weighted by Gasteiger charge is -2.22. The largest absolute Gasteiger partial charge is 0.379 e. The molecule has 7 nitrogen and oxygen atoms in total. The number of nitrogens with zero attached hydrogens (tertiary/aromatic N) is 1. The number of hydrogen-bond acceptors (Lipinski definition) is 6. The number of para-hydroxylation sites is 1. The summed E-state index contributed by atoms with van der Waals surface area (Å²) in [5.74, 6) is 0.554. The maximum absolute atomic E-state index is 11.7. The fraction of sp³-hybridized carbons (Fsp3) is 0.571. The van der Waals surface area contributed by atoms with Crippen molar-refractivity contribution in [3.8, 4) is 0 Å². The summed E-state index contributed by atoms with van der Waals surface area (Å²) in [7, 11) is -3.64. The summed E-state index contributed by atoms with van der Waals surface area (Å²) in [6.07, 6.45) is 4.18. The number of anilines is 1. The molecule has 0 aromatic heterocycles. The number of sulfone groups is 1. The van der Waals surface area contributed by atoms with E-state index in [1.807, 2.05) is 0 Å². The highest BCUT2D eigenvalue weighted by atomic mass is 32.2. The Bertz CT molecular complexity index is 639. The highest BCUT2D eigenvalue weighted by Gasteiger charge is 2.26. The Morgan fingerprint density at radius 1 is 1.45 bits per heavy atom. The fourth-order valence-electron chi connectivity index (χ4n) is 2.73. The van der Waals surface area contributed by atoms with E-state index in [1.165, 1.54) is 12.1 Å². The van der Waals surface area contributed by atoms with Gasteiger partial charge in [0.1, 0.15) is 10.6 Å². The zero-order valence-electron chi connectivity index (χ0n) is 12.5. The van der Waals surface area contributed by atoms with Gasteiger partial charge in [0.05, 0.1) is 4.92 Å². The minimum Gasteiger partial charge on any atom is -0.379 e. The molecule has 22 heavy (non-hydrogen) atoms. The van der Waals surface area contributed by atoms with Crippen LogP contribution in [0.2, 0.25) is 0 Å². The Hall–Kier alpha value is -1.67. The van der Waals surface area contributed by atoms with Gasteiger partial charge in [-0.05, 0) is 50.4 Å². The van der Waals surface area contributed by atoms with Gasteiger partial charge < -0.3 is 10.6 Å². The second kappa shape index (κ2) is 7.06. The summed E-state index contributed by atoms with van der Waals surface area (Å²) >= 11 is 0. The van der Waals surface area contributed by atoms with Crippen molar-refractivity contribution in [3.05, 3.63) is 28.3 Å². The van der Waals surface area contributed by atoms with Crippen molar-refractivity contribution < 1.29 is 13.3 Å². The van der Waals surface area contributed by atoms with E-state index in [0.29, 0.717) is 12.5 Å². The van der Waals surface area contributed by atoms with Crippen LogP contribution in [-0.4, -0.2) is 39.2 Å². The lowest BCUT2D eigenvalue weighted by Crippen LogP contribution is -2.30. The first-order valence-electron chi connectivity index (χ1n) is 7.31. The van der Waals surface area contributed by atoms with Gasteiger partial charge >= 0.3 is 5.69 Å². The van der Waals surface area contributed by atoms with Crippen LogP contribution in [0.3, 0.4) is 0 Å². The maximum atomic E-state index is 11.7. The smallest absolute Gasteiger partial charge is 0.310 e. The van der Waals surface area contributed by atoms with E-state index >= 15 is 0 Å². The number of nitro benzene ring substituents is 1. The molecule has 0 radical (unpaired) electrons. The highest BCUT2D eigenvalue weighted by molar-refractivity contribution is 7.90. The molecule has 2 rings (SSSR count). The molecule has 0 spiro atoms. The van der Waals surface area contributed by atoms with Gasteiger partial charge in [-0.15, -0.1) is 0 Å². The highest BCUT2D eigenvalue weighted by Crippen LogP contribution is 2.32. The van der Waals surface area contributed by atoms with Gasteiger partial charge in [0.2, 0.25) is 0 Å². The Balaban J connectivity index is 2.11. The molecule has 1 aliphatic rings. The van der Waals surface area contributed by atoms with Crippen LogP contribution < -0.4 is 10.6 Å². The number of rotatable bonds is 6. The molecule has 1 aromatic carbocycles. The third kappa shape index (κ3) is 4.17. The van der Waals surface area contributed by atoms with E-state index in [-0.39, 0.29) is 16.3 Å². The van der Waals surface area contributed by atoms with Gasteiger partial charge in [-0.3, -0.25) is 10.1 Å². The van der Waals surface area contributed by atoms with Crippen LogP contribution in [-0.2, 0) is 9.84 Å². The van der Waals surface area contributed by atoms with Gasteiger partial charge in [-0.2, -0.15) is 0 Å². The molecular weight excluding hydrogens is 306 g/mol. The number of hydrogen-bond donors (Lipinski definition) is 2. The van der Waals surface area contributed by atoms with E-state index in [2.05, 4.69) is 10.6 Å². The summed E-state index contributed by atoms with van der Waals surface area (Å²) < 4.78 is 23.4. The van der Waals surface area contributed by atoms with Crippen LogP contribution in [0.5, 0.6) is 0 Å². The van der Waals surface area contributed by atoms with Crippen molar-refractivity contribution in [1.82, 2.24) is 5.32 Å². The molecule has 8 heteroatoms. The third-order valence-corrected chi connectivity index (χ3v) is 4.98. The van der Waals surface area contributed by atoms with Crippen LogP contribution in [0.4, 0.5) is 11.4 Å². The quantitative estimate of drug-likeness (QED) is 0.610. The molecule has 0 amide bonds. The SMILES string of the molecule is CS(=O)(=O)c1cccc(NCCC2CCCNC2)c1[N+](=O)[O-]. The Kier molecular flexibility index (Phi) is 5.36. The molecule has 0 saturated carbocycles. The van der Waals surface area contributed by atoms with Crippen molar-refractivity contribution in [2.45, 2.75) is 24.2 Å². The van der Waals surface area contributed by atoms with Gasteiger partial charge in [-0.25, -0.2) is 8.42 Å². The molecule has 0 aliphatic carbocycles. The third-order valence-electron chi connectivity index (χ3n) is 3.85. The van der Waals surface area contributed by atoms with Crippen molar-refractivity contribution in [3.63, 3.8) is 0 Å². The predicted molar refractivity (Wildman–Crippen MR) is 84.9 cm³/mol. The second-order valence-electron chi connectivity index (χ2n) is 5.61. The van der Waals surface area contributed by atoms with E-state index in [4.69, 9.17) is 0 Å². The molecular formula is C14H21N3O4S. The number of benzene rings is 1. The van der Waals surface area contributed by atoms with Crippen molar-refractivity contribution in [2.75, 3.05) is 31.2 Å². The van der Waals surface area contributed by atoms with Gasteiger partial charge in [-0.1, -0.05) is 6.07 Å². The minimum absolute atomic E-state index is 0.248. The normalized spacial score (nSPS) is 18.9. The summed E-state index contributed by atoms with van der Waals surface area (Å²) in [5, 5.41) is 17.6. The van der Waals surface area contributed by atoms with Gasteiger partial charge in [0, 0.05) is 12.8 Å². The van der Waals surface area contributed by atoms with Crippen molar-refractivity contribution in [1.29, 1.82) is 0 Å². The average Bonchev–Trinajstić information content (AvgIpc) is 2.47. The molecule has 2 N–H and O–H groups in total. The van der Waals surface area contributed by atoms with Crippen molar-refractivity contribution in [2.24, 2.45) is 5.92 Å². The standard InChI is InChI=1S/C14H21N3O4S/c1-22(20,21)13-6-2-5-12(14(13)17(18)19)16-9-7-11-4-3-8-15-10-11/h2,5-6,11,15-16H,3-4,7-10H2,1H3. The fourth-order valence-corrected chi connectivity index (χ4v) is 3.60. The van der Waals surface area contributed by atoms with Crippen LogP contribution in [0.25, 0.3) is 0 Å². The lowest BCUT2D eigenvalue weighted by atomic mass is 9.96. The van der Waals surface area contributed by atoms with Gasteiger partial charge in [0.15, 0.2) is 9.84 Å². The number of piperidine rings is 1. The Morgan fingerprint density at radius 2 is 2.23 bits per heavy atom. The van der Waals surface area contributed by atoms with Crippen LogP contribution in [0.1, 0.15) is 19.3 Å². The van der Waals surface area contributed by atoms with E-state index in [1.54, 1.807) is 6.07 Å². The van der Waals surface area contributed by atoms with Gasteiger partial charge in [0.25, 0.3) is 0 Å². The molecule has 0 bridgehead atoms. The Labute approximate surface area is 130 Å². The van der Waals surface area contributed by atoms with Crippen LogP contribution in [0, 0.1) is 16.0 Å². The average molecular weight is 327 g/mol. The number of nitro groups is 1. The molecule has 1 aliphatic heterocycles. The second-order valence-corrected chi connectivity index (χ2v) is 7.59. The molecule has 1 aromatic rings. The molecule has 1 fully saturated rings. The van der Waals surface area contributed by atoms with E-state index in [0.717, 1.165) is 38.6 Å². The minimum atomic E-state index is -3.64. The molecule has 1 atom stereocenters. The summed E-state index contributed by atoms with van der Waals surface area (Å²) in [4.78, 5) is 10.4. The molecule has 1 saturated heterocycles. The summed E-state index contributed by atoms with van der Waals surface area (Å²) in [6, 6.07) is 4.34. The lowest BCUT2D eigenvalue weighted by molar-refractivity contribution is -0.386. The predicted octanol–water partition coefficient (Wildman–Crippen LogP) is 1.80. The summed E-state index contributed by atoms with van der Waals surface area (Å²) in [5.41, 5.74) is -0.108. The first-order valence-corrected chi connectivity index (χ1v) is 9.21. The Morgan fingerprint density at radius 3 is 2.82 bits per heavy atom. The first kappa shape index (κ1) is 16.7. The molecule has 122 valence electrons. The summed E-state index contributed by atoms with van der Waals surface area (Å²) in [6.45, 7) is 2.60. The first-order chi connectivity index (χ1) is 10.4. The number of nitrogens with one attached hydrogen (secondary N) is 2. The zero-order valence-corrected chi connectivity index (χ0v) is 13.4. The van der Waals surface area contributed by atoms with Crippen LogP contribution in [0.15, 0.2) is 23.1 Å². The van der Waals surface area contributed by atoms with Crippen molar-refractivity contribution >= 4 is 21.2 Å². The van der Waals surface area contributed by atoms with Crippen LogP contribution >= 0.6 is 0 Å². The monoisotopic (exact) mass is 327 g/mol. The van der Waals surface area contributed by atoms with E-state index < -0.39 is 14.8 Å². The zero-order chi connectivity index (χ0) is 16.2. The van der Waals surface area contributed by atoms with E-state index in [9.17, 15) is 18.5 Å².